The summed E-state index contributed by atoms with van der Waals surface area (Å²) in [5, 5.41) is 4.55. The summed E-state index contributed by atoms with van der Waals surface area (Å²) in [7, 11) is 1.66. The molecule has 18 heavy (non-hydrogen) atoms. The van der Waals surface area contributed by atoms with Crippen molar-refractivity contribution < 1.29 is 4.74 Å². The van der Waals surface area contributed by atoms with Crippen LogP contribution >= 0.6 is 11.3 Å². The number of ether oxygens (including phenoxy) is 1. The highest BCUT2D eigenvalue weighted by atomic mass is 32.1. The second-order valence-electron chi connectivity index (χ2n) is 4.31. The van der Waals surface area contributed by atoms with Crippen LogP contribution in [-0.4, -0.2) is 23.6 Å². The Hall–Kier alpha value is -1.20. The van der Waals surface area contributed by atoms with E-state index >= 15 is 0 Å². The van der Waals surface area contributed by atoms with Gasteiger partial charge >= 0.3 is 0 Å². The number of hydrogen-bond acceptors (Lipinski definition) is 5. The van der Waals surface area contributed by atoms with E-state index in [-0.39, 0.29) is 0 Å². The second-order valence-corrected chi connectivity index (χ2v) is 5.51. The molecule has 0 radical (unpaired) electrons. The van der Waals surface area contributed by atoms with Gasteiger partial charge in [0.15, 0.2) is 5.82 Å². The molecule has 0 bridgehead atoms. The first kappa shape index (κ1) is 13.2. The molecule has 0 aliphatic heterocycles. The van der Waals surface area contributed by atoms with Crippen LogP contribution in [0.2, 0.25) is 0 Å². The second kappa shape index (κ2) is 5.63. The Bertz CT molecular complexity index is 551. The molecule has 0 aliphatic carbocycles. The van der Waals surface area contributed by atoms with Gasteiger partial charge in [-0.3, -0.25) is 0 Å². The quantitative estimate of drug-likeness (QED) is 0.901. The van der Waals surface area contributed by atoms with Gasteiger partial charge in [0.1, 0.15) is 17.3 Å². The highest BCUT2D eigenvalue weighted by molar-refractivity contribution is 7.18. The Kier molecular flexibility index (Phi) is 4.14. The van der Waals surface area contributed by atoms with Crippen LogP contribution in [0.4, 0.5) is 5.82 Å². The number of fused-ring (bicyclic) bond motifs is 1. The van der Waals surface area contributed by atoms with Gasteiger partial charge in [0.2, 0.25) is 0 Å². The zero-order valence-electron chi connectivity index (χ0n) is 11.3. The van der Waals surface area contributed by atoms with Crippen molar-refractivity contribution in [2.45, 2.75) is 33.8 Å². The van der Waals surface area contributed by atoms with E-state index in [0.717, 1.165) is 34.8 Å². The van der Waals surface area contributed by atoms with E-state index in [0.29, 0.717) is 6.61 Å². The summed E-state index contributed by atoms with van der Waals surface area (Å²) in [5.41, 5.74) is 1.28. The molecule has 0 atom stereocenters. The topological polar surface area (TPSA) is 47.0 Å². The number of aromatic nitrogens is 2. The van der Waals surface area contributed by atoms with Crippen molar-refractivity contribution in [3.05, 3.63) is 16.3 Å². The lowest BCUT2D eigenvalue weighted by atomic mass is 10.2. The van der Waals surface area contributed by atoms with Crippen molar-refractivity contribution in [1.82, 2.24) is 9.97 Å². The fraction of sp³-hybridized carbons (Fsp3) is 0.538. The number of nitrogens with zero attached hydrogens (tertiary/aromatic N) is 2. The first-order valence-electron chi connectivity index (χ1n) is 6.16. The van der Waals surface area contributed by atoms with Crippen LogP contribution in [0, 0.1) is 13.8 Å². The van der Waals surface area contributed by atoms with Gasteiger partial charge in [-0.25, -0.2) is 9.97 Å². The van der Waals surface area contributed by atoms with Crippen LogP contribution in [0.1, 0.15) is 29.6 Å². The van der Waals surface area contributed by atoms with Crippen LogP contribution in [0.15, 0.2) is 0 Å². The molecule has 5 heteroatoms. The zero-order valence-corrected chi connectivity index (χ0v) is 12.1. The minimum atomic E-state index is 0.451. The van der Waals surface area contributed by atoms with Crippen molar-refractivity contribution >= 4 is 27.4 Å². The number of rotatable bonds is 5. The molecule has 0 saturated heterocycles. The molecule has 0 aliphatic rings. The fourth-order valence-electron chi connectivity index (χ4n) is 1.86. The number of aryl methyl sites for hydroxylation is 2. The van der Waals surface area contributed by atoms with E-state index in [2.05, 4.69) is 36.1 Å². The first-order valence-corrected chi connectivity index (χ1v) is 6.98. The molecule has 0 fully saturated rings. The molecule has 0 saturated carbocycles. The third-order valence-electron chi connectivity index (χ3n) is 2.89. The van der Waals surface area contributed by atoms with Crippen molar-refractivity contribution in [3.63, 3.8) is 0 Å². The number of hydrogen-bond donors (Lipinski definition) is 1. The van der Waals surface area contributed by atoms with Crippen LogP contribution in [-0.2, 0) is 11.3 Å². The third kappa shape index (κ3) is 2.47. The van der Waals surface area contributed by atoms with Crippen molar-refractivity contribution in [3.8, 4) is 0 Å². The number of nitrogens with one attached hydrogen (secondary N) is 1. The molecule has 0 aromatic carbocycles. The molecule has 4 nitrogen and oxygen atoms in total. The van der Waals surface area contributed by atoms with Crippen LogP contribution in [0.25, 0.3) is 10.2 Å². The Labute approximate surface area is 111 Å². The summed E-state index contributed by atoms with van der Waals surface area (Å²) in [4.78, 5) is 11.5. The molecule has 98 valence electrons. The monoisotopic (exact) mass is 265 g/mol. The summed E-state index contributed by atoms with van der Waals surface area (Å²) < 4.78 is 5.13. The third-order valence-corrected chi connectivity index (χ3v) is 3.99. The van der Waals surface area contributed by atoms with Gasteiger partial charge in [0.25, 0.3) is 0 Å². The van der Waals surface area contributed by atoms with Gasteiger partial charge in [0.05, 0.1) is 5.39 Å². The lowest BCUT2D eigenvalue weighted by Crippen LogP contribution is -2.06. The van der Waals surface area contributed by atoms with E-state index in [9.17, 15) is 0 Å². The molecular formula is C13H19N3OS. The summed E-state index contributed by atoms with van der Waals surface area (Å²) in [6, 6.07) is 0. The van der Waals surface area contributed by atoms with Crippen molar-refractivity contribution in [2.24, 2.45) is 0 Å². The molecule has 0 spiro atoms. The maximum absolute atomic E-state index is 5.13. The first-order chi connectivity index (χ1) is 8.67. The predicted molar refractivity (Wildman–Crippen MR) is 76.4 cm³/mol. The largest absolute Gasteiger partial charge is 0.377 e. The zero-order chi connectivity index (χ0) is 13.1. The molecular weight excluding hydrogens is 246 g/mol. The molecule has 2 rings (SSSR count). The summed E-state index contributed by atoms with van der Waals surface area (Å²) in [6.07, 6.45) is 1.08. The summed E-state index contributed by atoms with van der Waals surface area (Å²) in [5.74, 6) is 1.68. The lowest BCUT2D eigenvalue weighted by Gasteiger charge is -2.08. The fourth-order valence-corrected chi connectivity index (χ4v) is 2.91. The van der Waals surface area contributed by atoms with Crippen molar-refractivity contribution in [2.75, 3.05) is 19.0 Å². The Morgan fingerprint density at radius 3 is 2.72 bits per heavy atom. The van der Waals surface area contributed by atoms with Crippen molar-refractivity contribution in [1.29, 1.82) is 0 Å². The minimum Gasteiger partial charge on any atom is -0.377 e. The molecule has 2 aromatic heterocycles. The maximum atomic E-state index is 5.13. The van der Waals surface area contributed by atoms with Gasteiger partial charge in [-0.05, 0) is 25.8 Å². The van der Waals surface area contributed by atoms with Crippen LogP contribution in [0.3, 0.4) is 0 Å². The van der Waals surface area contributed by atoms with E-state index in [1.165, 1.54) is 10.4 Å². The number of thiophene rings is 1. The van der Waals surface area contributed by atoms with Gasteiger partial charge in [0, 0.05) is 18.5 Å². The number of anilines is 1. The average Bonchev–Trinajstić information content (AvgIpc) is 2.63. The van der Waals surface area contributed by atoms with Crippen LogP contribution in [0.5, 0.6) is 0 Å². The lowest BCUT2D eigenvalue weighted by molar-refractivity contribution is 0.178. The van der Waals surface area contributed by atoms with E-state index in [4.69, 9.17) is 4.74 Å². The molecule has 1 N–H and O–H groups in total. The smallest absolute Gasteiger partial charge is 0.158 e. The standard InChI is InChI=1S/C13H19N3OS/c1-5-6-14-12-11-8(2)9(3)18-13(11)16-10(15-12)7-17-4/h5-7H2,1-4H3,(H,14,15,16). The highest BCUT2D eigenvalue weighted by Crippen LogP contribution is 2.33. The van der Waals surface area contributed by atoms with Gasteiger partial charge < -0.3 is 10.1 Å². The molecule has 0 unspecified atom stereocenters. The Morgan fingerprint density at radius 2 is 2.06 bits per heavy atom. The Morgan fingerprint density at radius 1 is 1.28 bits per heavy atom. The van der Waals surface area contributed by atoms with E-state index < -0.39 is 0 Å². The van der Waals surface area contributed by atoms with E-state index in [1.54, 1.807) is 18.4 Å². The van der Waals surface area contributed by atoms with Gasteiger partial charge in [-0.2, -0.15) is 0 Å². The van der Waals surface area contributed by atoms with Crippen LogP contribution < -0.4 is 5.32 Å². The number of methoxy groups -OCH3 is 1. The van der Waals surface area contributed by atoms with Gasteiger partial charge in [-0.15, -0.1) is 11.3 Å². The Balaban J connectivity index is 2.54. The maximum Gasteiger partial charge on any atom is 0.158 e. The normalized spacial score (nSPS) is 11.1. The SMILES string of the molecule is CCCNc1nc(COC)nc2sc(C)c(C)c12. The molecule has 0 amide bonds. The summed E-state index contributed by atoms with van der Waals surface area (Å²) in [6.45, 7) is 7.78. The minimum absolute atomic E-state index is 0.451. The predicted octanol–water partition coefficient (Wildman–Crippen LogP) is 3.28. The molecule has 2 aromatic rings. The van der Waals surface area contributed by atoms with E-state index in [1.807, 2.05) is 0 Å². The van der Waals surface area contributed by atoms with Gasteiger partial charge in [-0.1, -0.05) is 6.92 Å². The average molecular weight is 265 g/mol. The molecule has 2 heterocycles. The summed E-state index contributed by atoms with van der Waals surface area (Å²) >= 11 is 1.72. The highest BCUT2D eigenvalue weighted by Gasteiger charge is 2.14.